The third-order valence-electron chi connectivity index (χ3n) is 1.91. The second-order valence-electron chi connectivity index (χ2n) is 4.36. The molecule has 0 aliphatic rings. The highest BCUT2D eigenvalue weighted by Gasteiger charge is 2.19. The van der Waals surface area contributed by atoms with Gasteiger partial charge in [0.2, 0.25) is 5.88 Å². The Hall–Kier alpha value is -1.63. The molecule has 0 unspecified atom stereocenters. The molecule has 1 heterocycles. The molecule has 82 valence electrons. The predicted molar refractivity (Wildman–Crippen MR) is 59.6 cm³/mol. The summed E-state index contributed by atoms with van der Waals surface area (Å²) >= 11 is 0. The van der Waals surface area contributed by atoms with Gasteiger partial charge in [-0.2, -0.15) is 5.26 Å². The summed E-state index contributed by atoms with van der Waals surface area (Å²) in [5, 5.41) is 8.90. The van der Waals surface area contributed by atoms with E-state index in [1.54, 1.807) is 10.6 Å². The number of anilines is 1. The van der Waals surface area contributed by atoms with E-state index in [0.717, 1.165) is 0 Å². The smallest absolute Gasteiger partial charge is 0.218 e. The lowest BCUT2D eigenvalue weighted by Gasteiger charge is -2.22. The minimum atomic E-state index is -0.313. The van der Waals surface area contributed by atoms with Crippen LogP contribution in [0.5, 0.6) is 5.88 Å². The van der Waals surface area contributed by atoms with Crippen LogP contribution in [0.1, 0.15) is 33.4 Å². The van der Waals surface area contributed by atoms with Gasteiger partial charge in [0.15, 0.2) is 0 Å². The maximum Gasteiger partial charge on any atom is 0.218 e. The normalized spacial score (nSPS) is 11.1. The van der Waals surface area contributed by atoms with E-state index in [2.05, 4.69) is 6.07 Å². The minimum Gasteiger partial charge on any atom is -0.472 e. The van der Waals surface area contributed by atoms with Crippen molar-refractivity contribution >= 4 is 5.69 Å². The Morgan fingerprint density at radius 3 is 2.53 bits per heavy atom. The van der Waals surface area contributed by atoms with E-state index in [9.17, 15) is 0 Å². The summed E-state index contributed by atoms with van der Waals surface area (Å²) in [7, 11) is 0. The molecule has 0 aliphatic heterocycles. The zero-order valence-corrected chi connectivity index (χ0v) is 9.66. The van der Waals surface area contributed by atoms with Gasteiger partial charge in [0, 0.05) is 12.6 Å². The molecule has 1 aromatic rings. The van der Waals surface area contributed by atoms with Crippen LogP contribution in [0.15, 0.2) is 6.07 Å². The molecule has 0 radical (unpaired) electrons. The van der Waals surface area contributed by atoms with Crippen molar-refractivity contribution in [2.45, 2.75) is 39.8 Å². The molecule has 4 heteroatoms. The van der Waals surface area contributed by atoms with Crippen molar-refractivity contribution in [1.29, 1.82) is 5.26 Å². The summed E-state index contributed by atoms with van der Waals surface area (Å²) in [6.07, 6.45) is 0. The predicted octanol–water partition coefficient (Wildman–Crippen LogP) is 2.14. The van der Waals surface area contributed by atoms with Crippen molar-refractivity contribution in [2.75, 3.05) is 5.73 Å². The van der Waals surface area contributed by atoms with Crippen LogP contribution in [0.25, 0.3) is 0 Å². The molecule has 0 saturated heterocycles. The van der Waals surface area contributed by atoms with Crippen LogP contribution in [0.2, 0.25) is 0 Å². The SMILES string of the molecule is CCn1c(C#N)cc(N)c1OC(C)(C)C. The molecule has 0 amide bonds. The summed E-state index contributed by atoms with van der Waals surface area (Å²) in [5.41, 5.74) is 6.54. The lowest BCUT2D eigenvalue weighted by atomic mass is 10.2. The number of rotatable bonds is 2. The van der Waals surface area contributed by atoms with E-state index < -0.39 is 0 Å². The molecule has 0 bridgehead atoms. The Bertz CT molecular complexity index is 393. The van der Waals surface area contributed by atoms with Crippen LogP contribution in [0, 0.1) is 11.3 Å². The van der Waals surface area contributed by atoms with Crippen LogP contribution in [0.3, 0.4) is 0 Å². The Morgan fingerprint density at radius 1 is 1.53 bits per heavy atom. The summed E-state index contributed by atoms with van der Waals surface area (Å²) in [4.78, 5) is 0. The first-order valence-corrected chi connectivity index (χ1v) is 4.97. The average Bonchev–Trinajstić information content (AvgIpc) is 2.40. The minimum absolute atomic E-state index is 0.313. The molecule has 0 atom stereocenters. The summed E-state index contributed by atoms with van der Waals surface area (Å²) in [6.45, 7) is 8.48. The van der Waals surface area contributed by atoms with Gasteiger partial charge in [0.1, 0.15) is 17.4 Å². The Labute approximate surface area is 90.3 Å². The number of nitrogens with two attached hydrogens (primary N) is 1. The summed E-state index contributed by atoms with van der Waals surface area (Å²) < 4.78 is 7.50. The molecule has 0 aromatic carbocycles. The van der Waals surface area contributed by atoms with Gasteiger partial charge in [-0.1, -0.05) is 0 Å². The molecule has 1 aromatic heterocycles. The molecule has 1 rings (SSSR count). The Morgan fingerprint density at radius 2 is 2.13 bits per heavy atom. The highest BCUT2D eigenvalue weighted by molar-refractivity contribution is 5.55. The average molecular weight is 207 g/mol. The number of nitriles is 1. The molecule has 4 nitrogen and oxygen atoms in total. The fourth-order valence-corrected chi connectivity index (χ4v) is 1.36. The van der Waals surface area contributed by atoms with E-state index in [1.807, 2.05) is 27.7 Å². The Balaban J connectivity index is 3.17. The zero-order valence-electron chi connectivity index (χ0n) is 9.66. The van der Waals surface area contributed by atoms with Gasteiger partial charge in [-0.15, -0.1) is 0 Å². The topological polar surface area (TPSA) is 64.0 Å². The number of hydrogen-bond donors (Lipinski definition) is 1. The largest absolute Gasteiger partial charge is 0.472 e. The number of hydrogen-bond acceptors (Lipinski definition) is 3. The van der Waals surface area contributed by atoms with Gasteiger partial charge >= 0.3 is 0 Å². The summed E-state index contributed by atoms with van der Waals surface area (Å²) in [5.74, 6) is 0.585. The van der Waals surface area contributed by atoms with Gasteiger partial charge in [0.05, 0.1) is 5.69 Å². The first-order chi connectivity index (χ1) is 6.89. The molecular weight excluding hydrogens is 190 g/mol. The van der Waals surface area contributed by atoms with Gasteiger partial charge in [0.25, 0.3) is 0 Å². The second-order valence-corrected chi connectivity index (χ2v) is 4.36. The second kappa shape index (κ2) is 3.85. The number of aromatic nitrogens is 1. The van der Waals surface area contributed by atoms with Gasteiger partial charge in [-0.05, 0) is 27.7 Å². The molecular formula is C11H17N3O. The van der Waals surface area contributed by atoms with Crippen LogP contribution < -0.4 is 10.5 Å². The fourth-order valence-electron chi connectivity index (χ4n) is 1.36. The maximum absolute atomic E-state index is 8.90. The maximum atomic E-state index is 8.90. The van der Waals surface area contributed by atoms with E-state index in [0.29, 0.717) is 23.8 Å². The van der Waals surface area contributed by atoms with E-state index in [4.69, 9.17) is 15.7 Å². The van der Waals surface area contributed by atoms with Gasteiger partial charge < -0.3 is 15.0 Å². The molecule has 15 heavy (non-hydrogen) atoms. The van der Waals surface area contributed by atoms with E-state index >= 15 is 0 Å². The van der Waals surface area contributed by atoms with Crippen molar-refractivity contribution in [1.82, 2.24) is 4.57 Å². The molecule has 0 spiro atoms. The van der Waals surface area contributed by atoms with Crippen molar-refractivity contribution in [3.63, 3.8) is 0 Å². The highest BCUT2D eigenvalue weighted by atomic mass is 16.5. The quantitative estimate of drug-likeness (QED) is 0.808. The van der Waals surface area contributed by atoms with Crippen LogP contribution in [-0.4, -0.2) is 10.2 Å². The lowest BCUT2D eigenvalue weighted by Crippen LogP contribution is -2.25. The first kappa shape index (κ1) is 11.4. The van der Waals surface area contributed by atoms with Crippen molar-refractivity contribution in [3.8, 4) is 11.9 Å². The molecule has 2 N–H and O–H groups in total. The lowest BCUT2D eigenvalue weighted by molar-refractivity contribution is 0.119. The van der Waals surface area contributed by atoms with Crippen LogP contribution in [0.4, 0.5) is 5.69 Å². The summed E-state index contributed by atoms with van der Waals surface area (Å²) in [6, 6.07) is 3.74. The number of nitrogen functional groups attached to an aromatic ring is 1. The zero-order chi connectivity index (χ0) is 11.6. The third kappa shape index (κ3) is 2.44. The van der Waals surface area contributed by atoms with Crippen LogP contribution >= 0.6 is 0 Å². The van der Waals surface area contributed by atoms with E-state index in [1.165, 1.54) is 0 Å². The van der Waals surface area contributed by atoms with Crippen molar-refractivity contribution in [3.05, 3.63) is 11.8 Å². The highest BCUT2D eigenvalue weighted by Crippen LogP contribution is 2.29. The van der Waals surface area contributed by atoms with Crippen molar-refractivity contribution in [2.24, 2.45) is 0 Å². The third-order valence-corrected chi connectivity index (χ3v) is 1.91. The molecule has 0 aliphatic carbocycles. The molecule has 0 fully saturated rings. The molecule has 0 saturated carbocycles. The first-order valence-electron chi connectivity index (χ1n) is 4.97. The van der Waals surface area contributed by atoms with Gasteiger partial charge in [-0.3, -0.25) is 0 Å². The standard InChI is InChI=1S/C11H17N3O/c1-5-14-8(7-12)6-9(13)10(14)15-11(2,3)4/h6H,5,13H2,1-4H3. The number of nitrogens with zero attached hydrogens (tertiary/aromatic N) is 2. The monoisotopic (exact) mass is 207 g/mol. The fraction of sp³-hybridized carbons (Fsp3) is 0.545. The van der Waals surface area contributed by atoms with Crippen molar-refractivity contribution < 1.29 is 4.74 Å². The Kier molecular flexibility index (Phi) is 2.94. The van der Waals surface area contributed by atoms with Crippen LogP contribution in [-0.2, 0) is 6.54 Å². The number of ether oxygens (including phenoxy) is 1. The van der Waals surface area contributed by atoms with Gasteiger partial charge in [-0.25, -0.2) is 0 Å². The van der Waals surface area contributed by atoms with E-state index in [-0.39, 0.29) is 5.60 Å².